The second kappa shape index (κ2) is 4.91. The van der Waals surface area contributed by atoms with Gasteiger partial charge in [0, 0.05) is 19.7 Å². The lowest BCUT2D eigenvalue weighted by atomic mass is 10.1. The van der Waals surface area contributed by atoms with E-state index in [-0.39, 0.29) is 0 Å². The molecule has 0 spiro atoms. The molecule has 1 aromatic rings. The van der Waals surface area contributed by atoms with E-state index in [4.69, 9.17) is 4.74 Å². The van der Waals surface area contributed by atoms with E-state index in [1.54, 1.807) is 11.3 Å². The van der Waals surface area contributed by atoms with E-state index < -0.39 is 0 Å². The average molecular weight is 211 g/mol. The number of rotatable bonds is 4. The summed E-state index contributed by atoms with van der Waals surface area (Å²) < 4.78 is 5.33. The molecule has 1 atom stereocenters. The molecule has 0 aromatic carbocycles. The van der Waals surface area contributed by atoms with Crippen molar-refractivity contribution in [2.45, 2.75) is 19.9 Å². The van der Waals surface area contributed by atoms with Crippen LogP contribution >= 0.6 is 11.3 Å². The van der Waals surface area contributed by atoms with Crippen LogP contribution in [0.15, 0.2) is 10.8 Å². The van der Waals surface area contributed by atoms with Gasteiger partial charge in [-0.3, -0.25) is 0 Å². The summed E-state index contributed by atoms with van der Waals surface area (Å²) in [6, 6.07) is 0. The first-order chi connectivity index (χ1) is 6.86. The zero-order valence-corrected chi connectivity index (χ0v) is 9.40. The van der Waals surface area contributed by atoms with Crippen LogP contribution in [0.3, 0.4) is 0 Å². The zero-order chi connectivity index (χ0) is 9.80. The lowest BCUT2D eigenvalue weighted by Crippen LogP contribution is -2.22. The Labute approximate surface area is 89.3 Å². The van der Waals surface area contributed by atoms with Gasteiger partial charge in [0.05, 0.1) is 6.61 Å². The molecule has 1 aliphatic rings. The van der Waals surface area contributed by atoms with Crippen LogP contribution in [0, 0.1) is 12.8 Å². The van der Waals surface area contributed by atoms with Crippen molar-refractivity contribution in [3.63, 3.8) is 0 Å². The first kappa shape index (κ1) is 10.1. The first-order valence-electron chi connectivity index (χ1n) is 5.16. The molecule has 0 aliphatic carbocycles. The summed E-state index contributed by atoms with van der Waals surface area (Å²) in [7, 11) is 0. The van der Waals surface area contributed by atoms with Crippen molar-refractivity contribution in [1.82, 2.24) is 5.32 Å². The van der Waals surface area contributed by atoms with E-state index in [2.05, 4.69) is 23.0 Å². The molecule has 78 valence electrons. The van der Waals surface area contributed by atoms with Gasteiger partial charge in [0.1, 0.15) is 0 Å². The number of thiophene rings is 1. The van der Waals surface area contributed by atoms with Gasteiger partial charge in [0.2, 0.25) is 0 Å². The van der Waals surface area contributed by atoms with Gasteiger partial charge in [-0.25, -0.2) is 0 Å². The summed E-state index contributed by atoms with van der Waals surface area (Å²) in [6.07, 6.45) is 1.22. The minimum Gasteiger partial charge on any atom is -0.381 e. The van der Waals surface area contributed by atoms with E-state index in [9.17, 15) is 0 Å². The molecular weight excluding hydrogens is 194 g/mol. The maximum Gasteiger partial charge on any atom is 0.0507 e. The van der Waals surface area contributed by atoms with Gasteiger partial charge in [0.15, 0.2) is 0 Å². The van der Waals surface area contributed by atoms with Crippen molar-refractivity contribution in [3.05, 3.63) is 21.9 Å². The monoisotopic (exact) mass is 211 g/mol. The molecule has 1 N–H and O–H groups in total. The summed E-state index contributed by atoms with van der Waals surface area (Å²) >= 11 is 1.78. The third kappa shape index (κ3) is 2.56. The van der Waals surface area contributed by atoms with Crippen molar-refractivity contribution < 1.29 is 4.74 Å². The molecule has 0 bridgehead atoms. The van der Waals surface area contributed by atoms with E-state index >= 15 is 0 Å². The fraction of sp³-hybridized carbons (Fsp3) is 0.636. The van der Waals surface area contributed by atoms with Gasteiger partial charge >= 0.3 is 0 Å². The molecule has 2 nitrogen and oxygen atoms in total. The van der Waals surface area contributed by atoms with Gasteiger partial charge in [-0.2, -0.15) is 11.3 Å². The standard InChI is InChI=1S/C11H17NOS/c1-9-7-14-8-11(9)5-12-4-10-2-3-13-6-10/h7-8,10,12H,2-6H2,1H3. The Bertz CT molecular complexity index is 279. The Morgan fingerprint density at radius 3 is 3.14 bits per heavy atom. The lowest BCUT2D eigenvalue weighted by Gasteiger charge is -2.08. The Morgan fingerprint density at radius 1 is 1.57 bits per heavy atom. The van der Waals surface area contributed by atoms with Crippen molar-refractivity contribution in [2.24, 2.45) is 5.92 Å². The second-order valence-corrected chi connectivity index (χ2v) is 4.68. The van der Waals surface area contributed by atoms with E-state index in [1.165, 1.54) is 17.5 Å². The van der Waals surface area contributed by atoms with Crippen molar-refractivity contribution >= 4 is 11.3 Å². The third-order valence-corrected chi connectivity index (χ3v) is 3.64. The predicted octanol–water partition coefficient (Wildman–Crippen LogP) is 2.18. The van der Waals surface area contributed by atoms with Crippen molar-refractivity contribution in [3.8, 4) is 0 Å². The van der Waals surface area contributed by atoms with Crippen LogP contribution in [0.2, 0.25) is 0 Å². The summed E-state index contributed by atoms with van der Waals surface area (Å²) in [4.78, 5) is 0. The van der Waals surface area contributed by atoms with Crippen LogP contribution in [-0.4, -0.2) is 19.8 Å². The molecule has 1 aliphatic heterocycles. The lowest BCUT2D eigenvalue weighted by molar-refractivity contribution is 0.185. The van der Waals surface area contributed by atoms with Crippen LogP contribution in [0.1, 0.15) is 17.5 Å². The molecule has 0 saturated carbocycles. The van der Waals surface area contributed by atoms with Gasteiger partial charge < -0.3 is 10.1 Å². The highest BCUT2D eigenvalue weighted by atomic mass is 32.1. The zero-order valence-electron chi connectivity index (χ0n) is 8.58. The summed E-state index contributed by atoms with van der Waals surface area (Å²) in [5.41, 5.74) is 2.85. The van der Waals surface area contributed by atoms with Gasteiger partial charge in [-0.15, -0.1) is 0 Å². The fourth-order valence-electron chi connectivity index (χ4n) is 1.72. The maximum atomic E-state index is 5.33. The van der Waals surface area contributed by atoms with Gasteiger partial charge in [-0.05, 0) is 41.1 Å². The highest BCUT2D eigenvalue weighted by molar-refractivity contribution is 7.08. The normalized spacial score (nSPS) is 21.6. The van der Waals surface area contributed by atoms with E-state index in [0.29, 0.717) is 0 Å². The van der Waals surface area contributed by atoms with Crippen LogP contribution in [0.5, 0.6) is 0 Å². The topological polar surface area (TPSA) is 21.3 Å². The van der Waals surface area contributed by atoms with E-state index in [0.717, 1.165) is 32.2 Å². The summed E-state index contributed by atoms with van der Waals surface area (Å²) in [5, 5.41) is 7.93. The molecule has 1 aromatic heterocycles. The molecule has 3 heteroatoms. The average Bonchev–Trinajstić information content (AvgIpc) is 2.78. The minimum atomic E-state index is 0.731. The second-order valence-electron chi connectivity index (χ2n) is 3.94. The number of hydrogen-bond donors (Lipinski definition) is 1. The number of aryl methyl sites for hydroxylation is 1. The van der Waals surface area contributed by atoms with Gasteiger partial charge in [-0.1, -0.05) is 0 Å². The van der Waals surface area contributed by atoms with Crippen LogP contribution in [0.4, 0.5) is 0 Å². The molecule has 14 heavy (non-hydrogen) atoms. The van der Waals surface area contributed by atoms with Crippen LogP contribution in [0.25, 0.3) is 0 Å². The third-order valence-electron chi connectivity index (χ3n) is 2.73. The van der Waals surface area contributed by atoms with Crippen LogP contribution in [-0.2, 0) is 11.3 Å². The molecule has 2 rings (SSSR count). The smallest absolute Gasteiger partial charge is 0.0507 e. The molecule has 1 fully saturated rings. The minimum absolute atomic E-state index is 0.731. The number of nitrogens with one attached hydrogen (secondary N) is 1. The highest BCUT2D eigenvalue weighted by Gasteiger charge is 2.14. The summed E-state index contributed by atoms with van der Waals surface area (Å²) in [6.45, 7) is 6.16. The molecule has 2 heterocycles. The van der Waals surface area contributed by atoms with Gasteiger partial charge in [0.25, 0.3) is 0 Å². The molecule has 0 radical (unpaired) electrons. The van der Waals surface area contributed by atoms with Crippen molar-refractivity contribution in [2.75, 3.05) is 19.8 Å². The summed E-state index contributed by atoms with van der Waals surface area (Å²) in [5.74, 6) is 0.731. The first-order valence-corrected chi connectivity index (χ1v) is 6.10. The maximum absolute atomic E-state index is 5.33. The number of ether oxygens (including phenoxy) is 1. The SMILES string of the molecule is Cc1cscc1CNCC1CCOC1. The Hall–Kier alpha value is -0.380. The Morgan fingerprint density at radius 2 is 2.50 bits per heavy atom. The molecule has 0 amide bonds. The Kier molecular flexibility index (Phi) is 3.56. The van der Waals surface area contributed by atoms with Crippen molar-refractivity contribution in [1.29, 1.82) is 0 Å². The quantitative estimate of drug-likeness (QED) is 0.824. The van der Waals surface area contributed by atoms with Crippen LogP contribution < -0.4 is 5.32 Å². The largest absolute Gasteiger partial charge is 0.381 e. The highest BCUT2D eigenvalue weighted by Crippen LogP contribution is 2.14. The fourth-order valence-corrected chi connectivity index (χ4v) is 2.58. The Balaban J connectivity index is 1.70. The molecular formula is C11H17NOS. The van der Waals surface area contributed by atoms with E-state index in [1.807, 2.05) is 0 Å². The number of hydrogen-bond acceptors (Lipinski definition) is 3. The molecule has 1 saturated heterocycles. The molecule has 1 unspecified atom stereocenters. The predicted molar refractivity (Wildman–Crippen MR) is 59.7 cm³/mol.